The lowest BCUT2D eigenvalue weighted by Gasteiger charge is -2.30. The van der Waals surface area contributed by atoms with Crippen LogP contribution in [0.4, 0.5) is 5.69 Å². The molecule has 1 aliphatic heterocycles. The van der Waals surface area contributed by atoms with E-state index < -0.39 is 0 Å². The Bertz CT molecular complexity index is 546. The van der Waals surface area contributed by atoms with Crippen molar-refractivity contribution in [2.75, 3.05) is 39.0 Å². The van der Waals surface area contributed by atoms with Crippen LogP contribution in [0.5, 0.6) is 0 Å². The molecule has 0 atom stereocenters. The summed E-state index contributed by atoms with van der Waals surface area (Å²) in [6.07, 6.45) is 3.46. The fourth-order valence-corrected chi connectivity index (χ4v) is 2.81. The van der Waals surface area contributed by atoms with E-state index in [9.17, 15) is 9.59 Å². The maximum atomic E-state index is 12.2. The molecule has 2 amide bonds. The van der Waals surface area contributed by atoms with Crippen LogP contribution in [-0.2, 0) is 16.0 Å². The number of hydrogen-bond donors (Lipinski definition) is 1. The van der Waals surface area contributed by atoms with Gasteiger partial charge in [-0.2, -0.15) is 0 Å². The number of likely N-dealkylation sites (tertiary alicyclic amines) is 1. The lowest BCUT2D eigenvalue weighted by atomic mass is 9.99. The average molecular weight is 331 g/mol. The summed E-state index contributed by atoms with van der Waals surface area (Å²) in [5.74, 6) is 1.04. The van der Waals surface area contributed by atoms with E-state index in [0.717, 1.165) is 49.5 Å². The first-order valence-corrected chi connectivity index (χ1v) is 8.76. The smallest absolute Gasteiger partial charge is 0.241 e. The number of hydrogen-bond acceptors (Lipinski definition) is 3. The maximum absolute atomic E-state index is 12.2. The van der Waals surface area contributed by atoms with E-state index in [0.29, 0.717) is 13.0 Å². The van der Waals surface area contributed by atoms with Crippen LogP contribution in [0.25, 0.3) is 0 Å². The molecule has 1 heterocycles. The van der Waals surface area contributed by atoms with Crippen molar-refractivity contribution in [2.24, 2.45) is 5.92 Å². The summed E-state index contributed by atoms with van der Waals surface area (Å²) < 4.78 is 0. The highest BCUT2D eigenvalue weighted by atomic mass is 16.2. The highest BCUT2D eigenvalue weighted by Crippen LogP contribution is 2.16. The molecule has 0 aliphatic carbocycles. The van der Waals surface area contributed by atoms with Gasteiger partial charge in [0.25, 0.3) is 0 Å². The summed E-state index contributed by atoms with van der Waals surface area (Å²) in [7, 11) is 3.55. The Morgan fingerprint density at radius 1 is 1.17 bits per heavy atom. The second kappa shape index (κ2) is 8.71. The zero-order valence-corrected chi connectivity index (χ0v) is 15.0. The van der Waals surface area contributed by atoms with E-state index in [-0.39, 0.29) is 11.8 Å². The molecule has 0 radical (unpaired) electrons. The Morgan fingerprint density at radius 2 is 1.79 bits per heavy atom. The fraction of sp³-hybridized carbons (Fsp3) is 0.579. The van der Waals surface area contributed by atoms with Crippen molar-refractivity contribution in [2.45, 2.75) is 32.6 Å². The van der Waals surface area contributed by atoms with E-state index in [1.807, 2.05) is 29.2 Å². The number of benzene rings is 1. The standard InChI is InChI=1S/C19H29N3O2/c1-15-10-12-22(13-11-15)19(24)14-20-17-7-4-16(5-8-17)6-9-18(23)21(2)3/h4-5,7-8,15,20H,6,9-14H2,1-3H3. The summed E-state index contributed by atoms with van der Waals surface area (Å²) in [5, 5.41) is 3.20. The van der Waals surface area contributed by atoms with Gasteiger partial charge >= 0.3 is 0 Å². The molecule has 0 spiro atoms. The van der Waals surface area contributed by atoms with Gasteiger partial charge in [0.05, 0.1) is 6.54 Å². The predicted octanol–water partition coefficient (Wildman–Crippen LogP) is 2.38. The minimum Gasteiger partial charge on any atom is -0.376 e. The molecule has 24 heavy (non-hydrogen) atoms. The summed E-state index contributed by atoms with van der Waals surface area (Å²) >= 11 is 0. The molecule has 1 aromatic rings. The minimum absolute atomic E-state index is 0.138. The Labute approximate surface area is 145 Å². The van der Waals surface area contributed by atoms with Gasteiger partial charge in [-0.05, 0) is 42.9 Å². The van der Waals surface area contributed by atoms with Gasteiger partial charge in [-0.3, -0.25) is 9.59 Å². The van der Waals surface area contributed by atoms with Crippen LogP contribution in [0, 0.1) is 5.92 Å². The van der Waals surface area contributed by atoms with Gasteiger partial charge in [0, 0.05) is 39.3 Å². The molecule has 5 nitrogen and oxygen atoms in total. The van der Waals surface area contributed by atoms with Crippen molar-refractivity contribution < 1.29 is 9.59 Å². The van der Waals surface area contributed by atoms with Gasteiger partial charge in [-0.25, -0.2) is 0 Å². The van der Waals surface area contributed by atoms with Crippen LogP contribution in [0.1, 0.15) is 31.7 Å². The van der Waals surface area contributed by atoms with E-state index >= 15 is 0 Å². The largest absolute Gasteiger partial charge is 0.376 e. The molecule has 0 saturated carbocycles. The number of carbonyl (C=O) groups is 2. The molecule has 1 saturated heterocycles. The molecule has 2 rings (SSSR count). The van der Waals surface area contributed by atoms with E-state index in [1.54, 1.807) is 19.0 Å². The zero-order chi connectivity index (χ0) is 17.5. The normalized spacial score (nSPS) is 15.2. The second-order valence-corrected chi connectivity index (χ2v) is 6.90. The number of aryl methyl sites for hydroxylation is 1. The van der Waals surface area contributed by atoms with E-state index in [4.69, 9.17) is 0 Å². The van der Waals surface area contributed by atoms with Gasteiger partial charge in [0.15, 0.2) is 0 Å². The first-order valence-electron chi connectivity index (χ1n) is 8.76. The third-order valence-corrected chi connectivity index (χ3v) is 4.66. The molecule has 0 aromatic heterocycles. The molecule has 0 bridgehead atoms. The van der Waals surface area contributed by atoms with Gasteiger partial charge < -0.3 is 15.1 Å². The lowest BCUT2D eigenvalue weighted by molar-refractivity contribution is -0.130. The van der Waals surface area contributed by atoms with Gasteiger partial charge in [0.2, 0.25) is 11.8 Å². The highest BCUT2D eigenvalue weighted by molar-refractivity contribution is 5.81. The summed E-state index contributed by atoms with van der Waals surface area (Å²) in [6.45, 7) is 4.33. The number of rotatable bonds is 6. The molecular formula is C19H29N3O2. The van der Waals surface area contributed by atoms with Crippen molar-refractivity contribution in [3.8, 4) is 0 Å². The van der Waals surface area contributed by atoms with Crippen molar-refractivity contribution in [1.82, 2.24) is 9.80 Å². The first kappa shape index (κ1) is 18.3. The van der Waals surface area contributed by atoms with E-state index in [2.05, 4.69) is 12.2 Å². The Morgan fingerprint density at radius 3 is 2.38 bits per heavy atom. The predicted molar refractivity (Wildman–Crippen MR) is 96.9 cm³/mol. The Kier molecular flexibility index (Phi) is 6.64. The minimum atomic E-state index is 0.138. The molecular weight excluding hydrogens is 302 g/mol. The Hall–Kier alpha value is -2.04. The third kappa shape index (κ3) is 5.55. The van der Waals surface area contributed by atoms with Crippen molar-refractivity contribution in [1.29, 1.82) is 0 Å². The Balaban J connectivity index is 1.75. The van der Waals surface area contributed by atoms with Gasteiger partial charge in [-0.1, -0.05) is 19.1 Å². The third-order valence-electron chi connectivity index (χ3n) is 4.66. The van der Waals surface area contributed by atoms with Crippen molar-refractivity contribution >= 4 is 17.5 Å². The quantitative estimate of drug-likeness (QED) is 0.871. The zero-order valence-electron chi connectivity index (χ0n) is 15.0. The number of nitrogens with zero attached hydrogens (tertiary/aromatic N) is 2. The summed E-state index contributed by atoms with van der Waals surface area (Å²) in [6, 6.07) is 7.97. The molecule has 1 N–H and O–H groups in total. The molecule has 5 heteroatoms. The van der Waals surface area contributed by atoms with E-state index in [1.165, 1.54) is 0 Å². The van der Waals surface area contributed by atoms with Gasteiger partial charge in [0.1, 0.15) is 0 Å². The van der Waals surface area contributed by atoms with Crippen molar-refractivity contribution in [3.63, 3.8) is 0 Å². The van der Waals surface area contributed by atoms with Crippen LogP contribution in [0.3, 0.4) is 0 Å². The number of nitrogens with one attached hydrogen (secondary N) is 1. The molecule has 132 valence electrons. The van der Waals surface area contributed by atoms with Crippen LogP contribution in [0.15, 0.2) is 24.3 Å². The summed E-state index contributed by atoms with van der Waals surface area (Å²) in [4.78, 5) is 27.4. The number of amides is 2. The number of carbonyl (C=O) groups excluding carboxylic acids is 2. The number of piperidine rings is 1. The number of anilines is 1. The van der Waals surface area contributed by atoms with Gasteiger partial charge in [-0.15, -0.1) is 0 Å². The highest BCUT2D eigenvalue weighted by Gasteiger charge is 2.19. The SMILES string of the molecule is CC1CCN(C(=O)CNc2ccc(CCC(=O)N(C)C)cc2)CC1. The first-order chi connectivity index (χ1) is 11.5. The molecule has 1 fully saturated rings. The van der Waals surface area contributed by atoms with Crippen LogP contribution >= 0.6 is 0 Å². The second-order valence-electron chi connectivity index (χ2n) is 6.90. The van der Waals surface area contributed by atoms with Crippen molar-refractivity contribution in [3.05, 3.63) is 29.8 Å². The lowest BCUT2D eigenvalue weighted by Crippen LogP contribution is -2.40. The maximum Gasteiger partial charge on any atom is 0.241 e. The summed E-state index contributed by atoms with van der Waals surface area (Å²) in [5.41, 5.74) is 2.07. The average Bonchev–Trinajstić information content (AvgIpc) is 2.59. The molecule has 0 unspecified atom stereocenters. The van der Waals surface area contributed by atoms with Crippen LogP contribution < -0.4 is 5.32 Å². The fourth-order valence-electron chi connectivity index (χ4n) is 2.81. The molecule has 1 aliphatic rings. The molecule has 1 aromatic carbocycles. The topological polar surface area (TPSA) is 52.7 Å². The van der Waals surface area contributed by atoms with Crippen LogP contribution in [0.2, 0.25) is 0 Å². The van der Waals surface area contributed by atoms with Crippen LogP contribution in [-0.4, -0.2) is 55.3 Å². The monoisotopic (exact) mass is 331 g/mol.